The maximum absolute atomic E-state index is 13.0. The van der Waals surface area contributed by atoms with Crippen molar-refractivity contribution in [3.63, 3.8) is 0 Å². The number of halogens is 1. The van der Waals surface area contributed by atoms with Crippen LogP contribution in [0, 0.1) is 5.82 Å². The summed E-state index contributed by atoms with van der Waals surface area (Å²) in [5.41, 5.74) is 1.19. The van der Waals surface area contributed by atoms with Crippen molar-refractivity contribution in [2.75, 3.05) is 26.2 Å². The summed E-state index contributed by atoms with van der Waals surface area (Å²) < 4.78 is 24.8. The van der Waals surface area contributed by atoms with Gasteiger partial charge in [-0.05, 0) is 55.2 Å². The topological polar surface area (TPSA) is 41.9 Å². The Balaban J connectivity index is 1.39. The number of rotatable bonds is 9. The van der Waals surface area contributed by atoms with Gasteiger partial charge in [0.2, 0.25) is 0 Å². The second-order valence-electron chi connectivity index (χ2n) is 7.39. The number of likely N-dealkylation sites (tertiary alicyclic amines) is 1. The van der Waals surface area contributed by atoms with Gasteiger partial charge in [0.1, 0.15) is 36.1 Å². The Bertz CT molecular complexity index is 714. The summed E-state index contributed by atoms with van der Waals surface area (Å²) in [6, 6.07) is 14.2. The van der Waals surface area contributed by atoms with Gasteiger partial charge in [-0.25, -0.2) is 4.39 Å². The number of ether oxygens (including phenoxy) is 2. The van der Waals surface area contributed by atoms with Crippen LogP contribution in [0.15, 0.2) is 48.5 Å². The molecule has 1 unspecified atom stereocenters. The van der Waals surface area contributed by atoms with Gasteiger partial charge in [0.25, 0.3) is 0 Å². The fraction of sp³-hybridized carbons (Fsp3) is 0.478. The zero-order chi connectivity index (χ0) is 19.8. The number of hydrogen-bond donors (Lipinski definition) is 1. The fourth-order valence-electron chi connectivity index (χ4n) is 3.57. The number of aryl methyl sites for hydroxylation is 1. The van der Waals surface area contributed by atoms with Gasteiger partial charge in [0.05, 0.1) is 0 Å². The third-order valence-corrected chi connectivity index (χ3v) is 5.04. The first-order valence-electron chi connectivity index (χ1n) is 10.2. The third kappa shape index (κ3) is 6.21. The molecule has 0 bridgehead atoms. The van der Waals surface area contributed by atoms with Crippen molar-refractivity contribution in [3.8, 4) is 11.5 Å². The van der Waals surface area contributed by atoms with E-state index in [0.717, 1.165) is 44.5 Å². The van der Waals surface area contributed by atoms with Crippen LogP contribution >= 0.6 is 0 Å². The molecule has 2 aromatic rings. The van der Waals surface area contributed by atoms with Crippen LogP contribution in [0.4, 0.5) is 4.39 Å². The number of benzene rings is 2. The van der Waals surface area contributed by atoms with E-state index in [-0.39, 0.29) is 11.9 Å². The molecular weight excluding hydrogens is 357 g/mol. The molecule has 4 nitrogen and oxygen atoms in total. The lowest BCUT2D eigenvalue weighted by Gasteiger charge is -2.33. The average molecular weight is 387 g/mol. The Morgan fingerprint density at radius 3 is 2.54 bits per heavy atom. The van der Waals surface area contributed by atoms with Gasteiger partial charge < -0.3 is 19.5 Å². The summed E-state index contributed by atoms with van der Waals surface area (Å²) >= 11 is 0. The Kier molecular flexibility index (Phi) is 7.69. The smallest absolute Gasteiger partial charge is 0.123 e. The summed E-state index contributed by atoms with van der Waals surface area (Å²) in [5, 5.41) is 10.4. The molecule has 1 saturated heterocycles. The molecule has 1 N–H and O–H groups in total. The summed E-state index contributed by atoms with van der Waals surface area (Å²) in [5.74, 6) is 1.32. The lowest BCUT2D eigenvalue weighted by Crippen LogP contribution is -2.43. The highest BCUT2D eigenvalue weighted by atomic mass is 19.1. The second kappa shape index (κ2) is 10.4. The van der Waals surface area contributed by atoms with Gasteiger partial charge in [-0.3, -0.25) is 0 Å². The van der Waals surface area contributed by atoms with Gasteiger partial charge in [-0.15, -0.1) is 0 Å². The van der Waals surface area contributed by atoms with Crippen molar-refractivity contribution in [1.29, 1.82) is 0 Å². The van der Waals surface area contributed by atoms with Crippen molar-refractivity contribution in [1.82, 2.24) is 4.90 Å². The second-order valence-corrected chi connectivity index (χ2v) is 7.39. The Morgan fingerprint density at radius 2 is 1.82 bits per heavy atom. The molecule has 28 heavy (non-hydrogen) atoms. The number of aliphatic hydroxyl groups excluding tert-OH is 1. The van der Waals surface area contributed by atoms with E-state index >= 15 is 0 Å². The van der Waals surface area contributed by atoms with E-state index in [9.17, 15) is 9.50 Å². The van der Waals surface area contributed by atoms with Crippen molar-refractivity contribution in [2.24, 2.45) is 0 Å². The number of para-hydroxylation sites is 1. The highest BCUT2D eigenvalue weighted by molar-refractivity contribution is 5.33. The molecule has 0 amide bonds. The van der Waals surface area contributed by atoms with E-state index in [2.05, 4.69) is 17.9 Å². The largest absolute Gasteiger partial charge is 0.491 e. The van der Waals surface area contributed by atoms with Crippen LogP contribution in [-0.4, -0.2) is 48.5 Å². The molecule has 2 aromatic carbocycles. The van der Waals surface area contributed by atoms with Crippen molar-refractivity contribution in [3.05, 3.63) is 59.9 Å². The molecule has 1 heterocycles. The maximum Gasteiger partial charge on any atom is 0.123 e. The monoisotopic (exact) mass is 387 g/mol. The molecule has 0 aliphatic carbocycles. The number of hydrogen-bond acceptors (Lipinski definition) is 4. The van der Waals surface area contributed by atoms with Crippen LogP contribution in [0.5, 0.6) is 11.5 Å². The molecule has 3 rings (SSSR count). The van der Waals surface area contributed by atoms with Gasteiger partial charge >= 0.3 is 0 Å². The van der Waals surface area contributed by atoms with E-state index < -0.39 is 6.10 Å². The molecule has 0 aromatic heterocycles. The number of nitrogens with zero attached hydrogens (tertiary/aromatic N) is 1. The molecule has 0 spiro atoms. The highest BCUT2D eigenvalue weighted by Crippen LogP contribution is 2.21. The maximum atomic E-state index is 13.0. The average Bonchev–Trinajstić information content (AvgIpc) is 2.71. The SMILES string of the molecule is CCCc1ccccc1OCC(O)CN1CCC(Oc2ccc(F)cc2)CC1. The lowest BCUT2D eigenvalue weighted by atomic mass is 10.1. The van der Waals surface area contributed by atoms with Gasteiger partial charge in [-0.1, -0.05) is 31.5 Å². The van der Waals surface area contributed by atoms with E-state index in [1.807, 2.05) is 18.2 Å². The van der Waals surface area contributed by atoms with Crippen molar-refractivity contribution in [2.45, 2.75) is 44.8 Å². The van der Waals surface area contributed by atoms with Crippen molar-refractivity contribution >= 4 is 0 Å². The fourth-order valence-corrected chi connectivity index (χ4v) is 3.57. The molecule has 0 saturated carbocycles. The minimum atomic E-state index is -0.524. The predicted molar refractivity (Wildman–Crippen MR) is 108 cm³/mol. The molecule has 1 aliphatic heterocycles. The molecule has 1 atom stereocenters. The quantitative estimate of drug-likeness (QED) is 0.705. The first kappa shape index (κ1) is 20.6. The van der Waals surface area contributed by atoms with Crippen LogP contribution in [0.1, 0.15) is 31.7 Å². The minimum absolute atomic E-state index is 0.135. The van der Waals surface area contributed by atoms with E-state index in [1.165, 1.54) is 17.7 Å². The minimum Gasteiger partial charge on any atom is -0.491 e. The van der Waals surface area contributed by atoms with E-state index in [0.29, 0.717) is 18.9 Å². The van der Waals surface area contributed by atoms with E-state index in [1.54, 1.807) is 12.1 Å². The highest BCUT2D eigenvalue weighted by Gasteiger charge is 2.22. The molecule has 0 radical (unpaired) electrons. The summed E-state index contributed by atoms with van der Waals surface area (Å²) in [7, 11) is 0. The van der Waals surface area contributed by atoms with Crippen LogP contribution < -0.4 is 9.47 Å². The first-order chi connectivity index (χ1) is 13.6. The Labute approximate surface area is 166 Å². The molecule has 5 heteroatoms. The molecule has 1 aliphatic rings. The third-order valence-electron chi connectivity index (χ3n) is 5.04. The first-order valence-corrected chi connectivity index (χ1v) is 10.2. The number of β-amino-alcohol motifs (C(OH)–C–C–N with tert-alkyl or cyclic N) is 1. The van der Waals surface area contributed by atoms with Crippen LogP contribution in [-0.2, 0) is 6.42 Å². The van der Waals surface area contributed by atoms with Crippen LogP contribution in [0.2, 0.25) is 0 Å². The summed E-state index contributed by atoms with van der Waals surface area (Å²) in [4.78, 5) is 2.25. The lowest BCUT2D eigenvalue weighted by molar-refractivity contribution is 0.0399. The standard InChI is InChI=1S/C23H30FNO3/c1-2-5-18-6-3-4-7-23(18)27-17-20(26)16-25-14-12-22(13-15-25)28-21-10-8-19(24)9-11-21/h3-4,6-11,20,22,26H,2,5,12-17H2,1H3. The molecule has 1 fully saturated rings. The zero-order valence-corrected chi connectivity index (χ0v) is 16.5. The number of piperidine rings is 1. The normalized spacial score (nSPS) is 16.7. The van der Waals surface area contributed by atoms with Crippen LogP contribution in [0.3, 0.4) is 0 Å². The Hall–Kier alpha value is -2.11. The summed E-state index contributed by atoms with van der Waals surface area (Å²) in [6.45, 7) is 4.78. The Morgan fingerprint density at radius 1 is 1.11 bits per heavy atom. The van der Waals surface area contributed by atoms with E-state index in [4.69, 9.17) is 9.47 Å². The van der Waals surface area contributed by atoms with Gasteiger partial charge in [0, 0.05) is 19.6 Å². The van der Waals surface area contributed by atoms with Gasteiger partial charge in [0.15, 0.2) is 0 Å². The van der Waals surface area contributed by atoms with Crippen molar-refractivity contribution < 1.29 is 19.0 Å². The zero-order valence-electron chi connectivity index (χ0n) is 16.5. The van der Waals surface area contributed by atoms with Gasteiger partial charge in [-0.2, -0.15) is 0 Å². The molecule has 152 valence electrons. The predicted octanol–water partition coefficient (Wildman–Crippen LogP) is 4.06. The van der Waals surface area contributed by atoms with Crippen LogP contribution in [0.25, 0.3) is 0 Å². The molecular formula is C23H30FNO3. The number of aliphatic hydroxyl groups is 1. The summed E-state index contributed by atoms with van der Waals surface area (Å²) in [6.07, 6.45) is 3.44.